The molecule has 1 aromatic carbocycles. The zero-order valence-electron chi connectivity index (χ0n) is 17.4. The second-order valence-electron chi connectivity index (χ2n) is 8.62. The maximum Gasteiger partial charge on any atom is 0.225 e. The number of fused-ring (bicyclic) bond motifs is 2. The number of rotatable bonds is 6. The Kier molecular flexibility index (Phi) is 5.38. The molecule has 31 heavy (non-hydrogen) atoms. The van der Waals surface area contributed by atoms with Gasteiger partial charge in [0.25, 0.3) is 0 Å². The molecule has 0 spiro atoms. The van der Waals surface area contributed by atoms with Gasteiger partial charge in [0.1, 0.15) is 5.82 Å². The van der Waals surface area contributed by atoms with Crippen molar-refractivity contribution in [2.75, 3.05) is 30.3 Å². The van der Waals surface area contributed by atoms with Gasteiger partial charge in [0.05, 0.1) is 11.6 Å². The molecule has 1 saturated heterocycles. The first kappa shape index (κ1) is 20.0. The molecule has 8 nitrogen and oxygen atoms in total. The van der Waals surface area contributed by atoms with Crippen LogP contribution >= 0.6 is 11.6 Å². The van der Waals surface area contributed by atoms with Gasteiger partial charge in [-0.25, -0.2) is 4.98 Å². The summed E-state index contributed by atoms with van der Waals surface area (Å²) in [6, 6.07) is 10.2. The number of hydrogen-bond acceptors (Lipinski definition) is 7. The Hall–Kier alpha value is -2.89. The van der Waals surface area contributed by atoms with E-state index in [1.165, 1.54) is 0 Å². The first-order chi connectivity index (χ1) is 15.1. The number of nitrogens with one attached hydrogen (secondary N) is 3. The summed E-state index contributed by atoms with van der Waals surface area (Å²) >= 11 is 6.23. The van der Waals surface area contributed by atoms with Crippen LogP contribution in [0.15, 0.2) is 24.3 Å². The number of aryl methyl sites for hydroxylation is 1. The fourth-order valence-electron chi connectivity index (χ4n) is 4.95. The molecular formula is C22H25ClN8. The number of aromatic nitrogens is 4. The van der Waals surface area contributed by atoms with E-state index in [9.17, 15) is 0 Å². The summed E-state index contributed by atoms with van der Waals surface area (Å²) in [6.45, 7) is 5.02. The molecule has 0 bridgehead atoms. The molecule has 0 amide bonds. The highest BCUT2D eigenvalue weighted by atomic mass is 35.5. The minimum Gasteiger partial charge on any atom is -0.351 e. The van der Waals surface area contributed by atoms with Crippen LogP contribution in [-0.4, -0.2) is 50.7 Å². The summed E-state index contributed by atoms with van der Waals surface area (Å²) in [4.78, 5) is 11.9. The molecule has 2 aromatic heterocycles. The van der Waals surface area contributed by atoms with Gasteiger partial charge in [-0.3, -0.25) is 5.10 Å². The van der Waals surface area contributed by atoms with Crippen LogP contribution in [0.2, 0.25) is 5.02 Å². The maximum absolute atomic E-state index is 8.83. The SMILES string of the molecule is Cc1cc(Nc2nc(NC3C[C@@H]4CN(CCC#N)C[C@@H]4C3)nc3cc(Cl)ccc23)n[nH]1. The average molecular weight is 437 g/mol. The number of H-pyrrole nitrogens is 1. The predicted molar refractivity (Wildman–Crippen MR) is 121 cm³/mol. The molecule has 3 atom stereocenters. The number of aromatic amines is 1. The van der Waals surface area contributed by atoms with Crippen LogP contribution in [0.1, 0.15) is 25.0 Å². The van der Waals surface area contributed by atoms with E-state index in [-0.39, 0.29) is 0 Å². The molecule has 5 rings (SSSR count). The molecule has 2 fully saturated rings. The van der Waals surface area contributed by atoms with Gasteiger partial charge >= 0.3 is 0 Å². The van der Waals surface area contributed by atoms with E-state index in [2.05, 4.69) is 31.8 Å². The second-order valence-corrected chi connectivity index (χ2v) is 9.06. The third-order valence-corrected chi connectivity index (χ3v) is 6.55. The Bertz CT molecular complexity index is 1120. The van der Waals surface area contributed by atoms with E-state index in [0.29, 0.717) is 46.9 Å². The summed E-state index contributed by atoms with van der Waals surface area (Å²) in [7, 11) is 0. The van der Waals surface area contributed by atoms with Gasteiger partial charge in [-0.15, -0.1) is 0 Å². The van der Waals surface area contributed by atoms with Gasteiger partial charge < -0.3 is 15.5 Å². The Morgan fingerprint density at radius 3 is 2.74 bits per heavy atom. The van der Waals surface area contributed by atoms with E-state index < -0.39 is 0 Å². The number of halogens is 1. The lowest BCUT2D eigenvalue weighted by atomic mass is 10.0. The van der Waals surface area contributed by atoms with Crippen molar-refractivity contribution >= 4 is 40.1 Å². The smallest absolute Gasteiger partial charge is 0.225 e. The second kappa shape index (κ2) is 8.33. The van der Waals surface area contributed by atoms with E-state index >= 15 is 0 Å². The molecule has 1 aliphatic carbocycles. The van der Waals surface area contributed by atoms with Crippen molar-refractivity contribution in [3.63, 3.8) is 0 Å². The summed E-state index contributed by atoms with van der Waals surface area (Å²) < 4.78 is 0. The summed E-state index contributed by atoms with van der Waals surface area (Å²) in [5, 5.41) is 24.5. The average Bonchev–Trinajstić information content (AvgIpc) is 3.41. The predicted octanol–water partition coefficient (Wildman–Crippen LogP) is 4.09. The molecule has 3 heterocycles. The largest absolute Gasteiger partial charge is 0.351 e. The van der Waals surface area contributed by atoms with Crippen LogP contribution in [0.3, 0.4) is 0 Å². The lowest BCUT2D eigenvalue weighted by Gasteiger charge is -2.19. The molecule has 1 aliphatic heterocycles. The maximum atomic E-state index is 8.83. The molecule has 0 radical (unpaired) electrons. The van der Waals surface area contributed by atoms with Crippen LogP contribution < -0.4 is 10.6 Å². The zero-order chi connectivity index (χ0) is 21.4. The van der Waals surface area contributed by atoms with Crippen LogP contribution in [0, 0.1) is 30.1 Å². The number of likely N-dealkylation sites (tertiary alicyclic amines) is 1. The Morgan fingerprint density at radius 2 is 2.03 bits per heavy atom. The van der Waals surface area contributed by atoms with Gasteiger partial charge in [-0.05, 0) is 49.8 Å². The highest BCUT2D eigenvalue weighted by Crippen LogP contribution is 2.39. The lowest BCUT2D eigenvalue weighted by molar-refractivity contribution is 0.315. The van der Waals surface area contributed by atoms with Crippen LogP contribution in [0.5, 0.6) is 0 Å². The zero-order valence-corrected chi connectivity index (χ0v) is 18.2. The number of nitrogens with zero attached hydrogens (tertiary/aromatic N) is 5. The Labute approximate surface area is 186 Å². The van der Waals surface area contributed by atoms with Crippen molar-refractivity contribution in [2.45, 2.75) is 32.2 Å². The van der Waals surface area contributed by atoms with Gasteiger partial charge in [0.15, 0.2) is 5.82 Å². The monoisotopic (exact) mass is 436 g/mol. The van der Waals surface area contributed by atoms with Crippen LogP contribution in [0.25, 0.3) is 10.9 Å². The third-order valence-electron chi connectivity index (χ3n) is 6.31. The van der Waals surface area contributed by atoms with Gasteiger partial charge in [-0.2, -0.15) is 15.3 Å². The summed E-state index contributed by atoms with van der Waals surface area (Å²) in [5.74, 6) is 3.38. The minimum absolute atomic E-state index is 0.352. The first-order valence-corrected chi connectivity index (χ1v) is 11.1. The fraction of sp³-hybridized carbons (Fsp3) is 0.455. The minimum atomic E-state index is 0.352. The van der Waals surface area contributed by atoms with Crippen molar-refractivity contribution in [2.24, 2.45) is 11.8 Å². The van der Waals surface area contributed by atoms with E-state index in [0.717, 1.165) is 49.1 Å². The van der Waals surface area contributed by atoms with Crippen molar-refractivity contribution in [3.05, 3.63) is 35.0 Å². The molecule has 3 N–H and O–H groups in total. The Balaban J connectivity index is 1.34. The van der Waals surface area contributed by atoms with Crippen LogP contribution in [0.4, 0.5) is 17.6 Å². The van der Waals surface area contributed by atoms with Crippen molar-refractivity contribution in [3.8, 4) is 6.07 Å². The molecule has 1 saturated carbocycles. The standard InChI is InChI=1S/C22H25ClN8/c1-13-7-20(30-29-13)27-21-18-4-3-16(23)10-19(18)26-22(28-21)25-17-8-14-11-31(6-2-5-24)12-15(14)9-17/h3-4,7,10,14-15,17H,2,6,8-9,11-12H2,1H3,(H3,25,26,27,28,29,30)/t14-,15+,17?. The Morgan fingerprint density at radius 1 is 1.23 bits per heavy atom. The summed E-state index contributed by atoms with van der Waals surface area (Å²) in [5.41, 5.74) is 1.77. The fourth-order valence-corrected chi connectivity index (χ4v) is 5.12. The highest BCUT2D eigenvalue weighted by Gasteiger charge is 2.40. The quantitative estimate of drug-likeness (QED) is 0.534. The number of hydrogen-bond donors (Lipinski definition) is 3. The van der Waals surface area contributed by atoms with E-state index in [4.69, 9.17) is 26.8 Å². The van der Waals surface area contributed by atoms with E-state index in [1.54, 1.807) is 0 Å². The molecule has 9 heteroatoms. The third kappa shape index (κ3) is 4.29. The van der Waals surface area contributed by atoms with Crippen molar-refractivity contribution < 1.29 is 0 Å². The number of nitriles is 1. The van der Waals surface area contributed by atoms with Gasteiger partial charge in [0, 0.05) is 54.3 Å². The van der Waals surface area contributed by atoms with Crippen molar-refractivity contribution in [1.82, 2.24) is 25.1 Å². The first-order valence-electron chi connectivity index (χ1n) is 10.7. The normalized spacial score (nSPS) is 23.1. The topological polar surface area (TPSA) is 106 Å². The van der Waals surface area contributed by atoms with Crippen molar-refractivity contribution in [1.29, 1.82) is 5.26 Å². The highest BCUT2D eigenvalue weighted by molar-refractivity contribution is 6.31. The van der Waals surface area contributed by atoms with Gasteiger partial charge in [0.2, 0.25) is 5.95 Å². The van der Waals surface area contributed by atoms with Gasteiger partial charge in [-0.1, -0.05) is 11.6 Å². The molecule has 3 aromatic rings. The molecule has 1 unspecified atom stereocenters. The molecule has 160 valence electrons. The summed E-state index contributed by atoms with van der Waals surface area (Å²) in [6.07, 6.45) is 2.82. The number of anilines is 3. The van der Waals surface area contributed by atoms with Crippen LogP contribution in [-0.2, 0) is 0 Å². The molecular weight excluding hydrogens is 412 g/mol. The number of benzene rings is 1. The van der Waals surface area contributed by atoms with E-state index in [1.807, 2.05) is 31.2 Å². The molecule has 2 aliphatic rings. The lowest BCUT2D eigenvalue weighted by Crippen LogP contribution is -2.26.